The average molecular weight is 218 g/mol. The largest absolute Gasteiger partial charge is 0.458 e. The van der Waals surface area contributed by atoms with Gasteiger partial charge in [-0.1, -0.05) is 0 Å². The third-order valence-corrected chi connectivity index (χ3v) is 5.60. The minimum atomic E-state index is 0.744. The minimum absolute atomic E-state index is 0.744. The van der Waals surface area contributed by atoms with Crippen molar-refractivity contribution in [3.8, 4) is 0 Å². The lowest BCUT2D eigenvalue weighted by Gasteiger charge is -1.99. The van der Waals surface area contributed by atoms with E-state index in [0.717, 1.165) is 35.9 Å². The summed E-state index contributed by atoms with van der Waals surface area (Å²) in [6.45, 7) is 0. The van der Waals surface area contributed by atoms with Gasteiger partial charge in [0, 0.05) is 11.8 Å². The predicted molar refractivity (Wildman–Crippen MR) is 58.4 cm³/mol. The summed E-state index contributed by atoms with van der Waals surface area (Å²) in [6.07, 6.45) is 10.1. The van der Waals surface area contributed by atoms with Gasteiger partial charge in [0.15, 0.2) is 0 Å². The minimum Gasteiger partial charge on any atom is -0.458 e. The number of fused-ring (bicyclic) bond motifs is 9. The van der Waals surface area contributed by atoms with Crippen LogP contribution in [0.2, 0.25) is 0 Å². The van der Waals surface area contributed by atoms with Crippen molar-refractivity contribution in [2.45, 2.75) is 50.7 Å². The Balaban J connectivity index is 0.0000000833. The Morgan fingerprint density at radius 1 is 0.750 bits per heavy atom. The molecule has 0 aromatic carbocycles. The van der Waals surface area contributed by atoms with Crippen molar-refractivity contribution in [2.75, 3.05) is 0 Å². The van der Waals surface area contributed by atoms with Gasteiger partial charge in [-0.15, -0.1) is 0 Å². The molecular formula is C14H18O2. The molecule has 2 nitrogen and oxygen atoms in total. The molecular weight excluding hydrogens is 200 g/mol. The Kier molecular flexibility index (Phi) is 1.43. The molecule has 86 valence electrons. The molecule has 0 aromatic rings. The molecule has 2 aliphatic heterocycles. The Labute approximate surface area is 96.0 Å². The number of allylic oxidation sites excluding steroid dienone is 2. The van der Waals surface area contributed by atoms with Gasteiger partial charge in [-0.05, 0) is 50.4 Å². The van der Waals surface area contributed by atoms with Crippen molar-refractivity contribution < 1.29 is 9.47 Å². The molecule has 4 aliphatic carbocycles. The Morgan fingerprint density at radius 3 is 1.75 bits per heavy atom. The van der Waals surface area contributed by atoms with Gasteiger partial charge in [0.05, 0.1) is 12.2 Å². The first kappa shape index (κ1) is 8.57. The van der Waals surface area contributed by atoms with Gasteiger partial charge >= 0.3 is 0 Å². The topological polar surface area (TPSA) is 25.1 Å². The zero-order valence-electron chi connectivity index (χ0n) is 9.52. The SMILES string of the molecule is C1CC2CC1C1=C2O1.C1CC2CC1C1OC21. The standard InChI is InChI=1S/C7H10O.C7H8O/c2*1-2-5-3-4(1)6-7(5)8-6/h4-7H,1-3H2;4-5H,1-3H2. The van der Waals surface area contributed by atoms with Gasteiger partial charge in [0.1, 0.15) is 11.5 Å². The van der Waals surface area contributed by atoms with E-state index in [2.05, 4.69) is 0 Å². The highest BCUT2D eigenvalue weighted by atomic mass is 16.6. The monoisotopic (exact) mass is 218 g/mol. The third kappa shape index (κ3) is 1.02. The van der Waals surface area contributed by atoms with Crippen molar-refractivity contribution in [3.63, 3.8) is 0 Å². The lowest BCUT2D eigenvalue weighted by Crippen LogP contribution is -2.04. The first-order valence-corrected chi connectivity index (χ1v) is 6.97. The second kappa shape index (κ2) is 2.66. The molecule has 0 N–H and O–H groups in total. The van der Waals surface area contributed by atoms with Crippen LogP contribution in [0.25, 0.3) is 0 Å². The van der Waals surface area contributed by atoms with E-state index < -0.39 is 0 Å². The summed E-state index contributed by atoms with van der Waals surface area (Å²) in [6, 6.07) is 0. The molecule has 4 fully saturated rings. The van der Waals surface area contributed by atoms with Gasteiger partial charge in [-0.25, -0.2) is 0 Å². The molecule has 0 amide bonds. The van der Waals surface area contributed by atoms with Crippen LogP contribution in [0.15, 0.2) is 11.5 Å². The normalized spacial score (nSPS) is 56.5. The number of rotatable bonds is 0. The number of ether oxygens (including phenoxy) is 2. The molecule has 0 radical (unpaired) electrons. The zero-order valence-corrected chi connectivity index (χ0v) is 9.52. The van der Waals surface area contributed by atoms with Crippen molar-refractivity contribution in [2.24, 2.45) is 23.7 Å². The Bertz CT molecular complexity index is 354. The van der Waals surface area contributed by atoms with Crippen LogP contribution in [0.1, 0.15) is 38.5 Å². The van der Waals surface area contributed by atoms with Gasteiger partial charge in [0.2, 0.25) is 0 Å². The molecule has 16 heavy (non-hydrogen) atoms. The van der Waals surface area contributed by atoms with Crippen molar-refractivity contribution >= 4 is 0 Å². The van der Waals surface area contributed by atoms with Crippen LogP contribution in [-0.2, 0) is 9.47 Å². The van der Waals surface area contributed by atoms with Gasteiger partial charge in [-0.3, -0.25) is 0 Å². The average Bonchev–Trinajstić information content (AvgIpc) is 3.14. The summed E-state index contributed by atoms with van der Waals surface area (Å²) in [5, 5.41) is 0. The van der Waals surface area contributed by atoms with E-state index in [1.54, 1.807) is 0 Å². The van der Waals surface area contributed by atoms with Crippen LogP contribution in [-0.4, -0.2) is 12.2 Å². The molecule has 4 bridgehead atoms. The quantitative estimate of drug-likeness (QED) is 0.584. The second-order valence-electron chi connectivity index (χ2n) is 6.44. The highest BCUT2D eigenvalue weighted by Crippen LogP contribution is 2.58. The summed E-state index contributed by atoms with van der Waals surface area (Å²) in [4.78, 5) is 0. The maximum atomic E-state index is 5.44. The van der Waals surface area contributed by atoms with E-state index in [1.807, 2.05) is 0 Å². The van der Waals surface area contributed by atoms with Crippen LogP contribution < -0.4 is 0 Å². The predicted octanol–water partition coefficient (Wildman–Crippen LogP) is 2.84. The molecule has 0 spiro atoms. The number of epoxide rings is 1. The van der Waals surface area contributed by atoms with E-state index >= 15 is 0 Å². The first-order chi connectivity index (χ1) is 7.90. The van der Waals surface area contributed by atoms with Crippen LogP contribution in [0.5, 0.6) is 0 Å². The Morgan fingerprint density at radius 2 is 1.38 bits per heavy atom. The molecule has 6 unspecified atom stereocenters. The fourth-order valence-corrected chi connectivity index (χ4v) is 4.66. The smallest absolute Gasteiger partial charge is 0.145 e. The van der Waals surface area contributed by atoms with Crippen molar-refractivity contribution in [1.29, 1.82) is 0 Å². The molecule has 6 atom stereocenters. The van der Waals surface area contributed by atoms with E-state index in [-0.39, 0.29) is 0 Å². The third-order valence-electron chi connectivity index (χ3n) is 5.60. The molecule has 1 saturated heterocycles. The highest BCUT2D eigenvalue weighted by molar-refractivity contribution is 5.32. The van der Waals surface area contributed by atoms with Crippen LogP contribution in [0, 0.1) is 23.7 Å². The highest BCUT2D eigenvalue weighted by Gasteiger charge is 2.59. The maximum Gasteiger partial charge on any atom is 0.145 e. The number of hydrogen-bond acceptors (Lipinski definition) is 2. The molecule has 0 aromatic heterocycles. The molecule has 6 aliphatic rings. The summed E-state index contributed by atoms with van der Waals surface area (Å²) < 4.78 is 10.7. The molecule has 3 saturated carbocycles. The van der Waals surface area contributed by atoms with Gasteiger partial charge in [-0.2, -0.15) is 0 Å². The van der Waals surface area contributed by atoms with Gasteiger partial charge in [0.25, 0.3) is 0 Å². The Hall–Kier alpha value is -0.500. The van der Waals surface area contributed by atoms with E-state index in [9.17, 15) is 0 Å². The summed E-state index contributed by atoms with van der Waals surface area (Å²) in [5.74, 6) is 6.47. The summed E-state index contributed by atoms with van der Waals surface area (Å²) in [7, 11) is 0. The van der Waals surface area contributed by atoms with Crippen LogP contribution in [0.4, 0.5) is 0 Å². The van der Waals surface area contributed by atoms with Crippen molar-refractivity contribution in [1.82, 2.24) is 0 Å². The first-order valence-electron chi connectivity index (χ1n) is 6.97. The summed E-state index contributed by atoms with van der Waals surface area (Å²) >= 11 is 0. The van der Waals surface area contributed by atoms with Gasteiger partial charge < -0.3 is 9.47 Å². The van der Waals surface area contributed by atoms with E-state index in [0.29, 0.717) is 0 Å². The molecule has 2 heterocycles. The van der Waals surface area contributed by atoms with E-state index in [1.165, 1.54) is 50.0 Å². The molecule has 2 heteroatoms. The fourth-order valence-electron chi connectivity index (χ4n) is 4.66. The van der Waals surface area contributed by atoms with Crippen LogP contribution in [0.3, 0.4) is 0 Å². The second-order valence-corrected chi connectivity index (χ2v) is 6.44. The van der Waals surface area contributed by atoms with Crippen LogP contribution >= 0.6 is 0 Å². The lowest BCUT2D eigenvalue weighted by atomic mass is 10.0. The van der Waals surface area contributed by atoms with E-state index in [4.69, 9.17) is 9.47 Å². The summed E-state index contributed by atoms with van der Waals surface area (Å²) in [5.41, 5.74) is 0. The maximum absolute atomic E-state index is 5.44. The number of hydrogen-bond donors (Lipinski definition) is 0. The zero-order chi connectivity index (χ0) is 10.3. The lowest BCUT2D eigenvalue weighted by molar-refractivity contribution is 0.264. The van der Waals surface area contributed by atoms with Crippen molar-refractivity contribution in [3.05, 3.63) is 11.5 Å². The molecule has 6 rings (SSSR count). The fraction of sp³-hybridized carbons (Fsp3) is 0.857.